The lowest BCUT2D eigenvalue weighted by molar-refractivity contribution is 0.276. The van der Waals surface area contributed by atoms with Gasteiger partial charge in [0.05, 0.1) is 24.2 Å². The lowest BCUT2D eigenvalue weighted by atomic mass is 10.3. The van der Waals surface area contributed by atoms with Crippen molar-refractivity contribution in [3.8, 4) is 0 Å². The van der Waals surface area contributed by atoms with Gasteiger partial charge in [0, 0.05) is 5.02 Å². The summed E-state index contributed by atoms with van der Waals surface area (Å²) in [7, 11) is 0. The van der Waals surface area contributed by atoms with E-state index < -0.39 is 0 Å². The maximum Gasteiger partial charge on any atom is 0.326 e. The summed E-state index contributed by atoms with van der Waals surface area (Å²) < 4.78 is 1.48. The topological polar surface area (TPSA) is 58.0 Å². The molecular formula is C9H9ClN2O2. The summed E-state index contributed by atoms with van der Waals surface area (Å²) in [4.78, 5) is 14.1. The summed E-state index contributed by atoms with van der Waals surface area (Å²) in [5.41, 5.74) is 1.22. The van der Waals surface area contributed by atoms with Crippen molar-refractivity contribution in [3.05, 3.63) is 33.7 Å². The molecule has 2 N–H and O–H groups in total. The number of aromatic nitrogens is 2. The number of aromatic amines is 1. The number of benzene rings is 1. The van der Waals surface area contributed by atoms with Gasteiger partial charge in [-0.3, -0.25) is 4.57 Å². The highest BCUT2D eigenvalue weighted by molar-refractivity contribution is 6.31. The lowest BCUT2D eigenvalue weighted by Crippen LogP contribution is -2.18. The SMILES string of the molecule is O=c1[nH]c2cc(Cl)ccc2n1CCO. The van der Waals surface area contributed by atoms with Crippen LogP contribution in [0.2, 0.25) is 5.02 Å². The Morgan fingerprint density at radius 2 is 2.29 bits per heavy atom. The average molecular weight is 213 g/mol. The van der Waals surface area contributed by atoms with E-state index in [4.69, 9.17) is 16.7 Å². The molecule has 0 spiro atoms. The van der Waals surface area contributed by atoms with Gasteiger partial charge in [0.25, 0.3) is 0 Å². The van der Waals surface area contributed by atoms with Crippen LogP contribution in [0.1, 0.15) is 0 Å². The van der Waals surface area contributed by atoms with Crippen molar-refractivity contribution in [2.24, 2.45) is 0 Å². The number of imidazole rings is 1. The molecule has 0 saturated heterocycles. The zero-order valence-corrected chi connectivity index (χ0v) is 8.08. The van der Waals surface area contributed by atoms with Crippen molar-refractivity contribution in [1.29, 1.82) is 0 Å². The third-order valence-corrected chi connectivity index (χ3v) is 2.29. The van der Waals surface area contributed by atoms with Crippen LogP contribution >= 0.6 is 11.6 Å². The number of halogens is 1. The van der Waals surface area contributed by atoms with Gasteiger partial charge < -0.3 is 10.1 Å². The van der Waals surface area contributed by atoms with E-state index in [1.165, 1.54) is 4.57 Å². The fourth-order valence-corrected chi connectivity index (χ4v) is 1.63. The molecule has 74 valence electrons. The molecule has 0 saturated carbocycles. The third kappa shape index (κ3) is 1.42. The van der Waals surface area contributed by atoms with Gasteiger partial charge in [-0.15, -0.1) is 0 Å². The van der Waals surface area contributed by atoms with Crippen LogP contribution in [0.5, 0.6) is 0 Å². The first kappa shape index (κ1) is 9.30. The predicted molar refractivity (Wildman–Crippen MR) is 54.7 cm³/mol. The Balaban J connectivity index is 2.71. The molecule has 5 heteroatoms. The number of H-pyrrole nitrogens is 1. The number of nitrogens with zero attached hydrogens (tertiary/aromatic N) is 1. The highest BCUT2D eigenvalue weighted by atomic mass is 35.5. The van der Waals surface area contributed by atoms with Crippen LogP contribution < -0.4 is 5.69 Å². The minimum atomic E-state index is -0.226. The lowest BCUT2D eigenvalue weighted by Gasteiger charge is -1.98. The molecule has 0 radical (unpaired) electrons. The van der Waals surface area contributed by atoms with Crippen molar-refractivity contribution in [3.63, 3.8) is 0 Å². The molecule has 0 fully saturated rings. The van der Waals surface area contributed by atoms with Crippen molar-refractivity contribution >= 4 is 22.6 Å². The fourth-order valence-electron chi connectivity index (χ4n) is 1.46. The molecule has 0 amide bonds. The molecule has 2 aromatic rings. The highest BCUT2D eigenvalue weighted by Crippen LogP contribution is 2.16. The number of hydrogen-bond donors (Lipinski definition) is 2. The predicted octanol–water partition coefficient (Wildman–Crippen LogP) is 0.975. The first-order valence-corrected chi connectivity index (χ1v) is 4.59. The summed E-state index contributed by atoms with van der Waals surface area (Å²) in [5, 5.41) is 9.36. The molecule has 2 rings (SSSR count). The van der Waals surface area contributed by atoms with Gasteiger partial charge in [0.1, 0.15) is 0 Å². The second-order valence-electron chi connectivity index (χ2n) is 2.97. The van der Waals surface area contributed by atoms with E-state index in [9.17, 15) is 4.79 Å². The molecular weight excluding hydrogens is 204 g/mol. The number of nitrogens with one attached hydrogen (secondary N) is 1. The maximum absolute atomic E-state index is 11.4. The van der Waals surface area contributed by atoms with Gasteiger partial charge in [0.2, 0.25) is 0 Å². The summed E-state index contributed by atoms with van der Waals surface area (Å²) in [6.45, 7) is 0.232. The third-order valence-electron chi connectivity index (χ3n) is 2.06. The van der Waals surface area contributed by atoms with Gasteiger partial charge in [-0.2, -0.15) is 0 Å². The van der Waals surface area contributed by atoms with Crippen LogP contribution in [-0.4, -0.2) is 21.3 Å². The van der Waals surface area contributed by atoms with Crippen molar-refractivity contribution < 1.29 is 5.11 Å². The second kappa shape index (κ2) is 3.48. The van der Waals surface area contributed by atoms with Gasteiger partial charge in [0.15, 0.2) is 0 Å². The van der Waals surface area contributed by atoms with Crippen molar-refractivity contribution in [1.82, 2.24) is 9.55 Å². The first-order valence-electron chi connectivity index (χ1n) is 4.21. The second-order valence-corrected chi connectivity index (χ2v) is 3.40. The molecule has 0 aliphatic rings. The molecule has 0 aliphatic heterocycles. The van der Waals surface area contributed by atoms with Crippen LogP contribution in [-0.2, 0) is 6.54 Å². The summed E-state index contributed by atoms with van der Waals surface area (Å²) in [5.74, 6) is 0. The number of hydrogen-bond acceptors (Lipinski definition) is 2. The van der Waals surface area contributed by atoms with E-state index in [0.29, 0.717) is 17.1 Å². The molecule has 0 unspecified atom stereocenters. The number of fused-ring (bicyclic) bond motifs is 1. The van der Waals surface area contributed by atoms with Crippen LogP contribution in [0, 0.1) is 0 Å². The molecule has 4 nitrogen and oxygen atoms in total. The van der Waals surface area contributed by atoms with Crippen LogP contribution in [0.4, 0.5) is 0 Å². The number of rotatable bonds is 2. The molecule has 1 aromatic carbocycles. The largest absolute Gasteiger partial charge is 0.395 e. The quantitative estimate of drug-likeness (QED) is 0.780. The van der Waals surface area contributed by atoms with Crippen molar-refractivity contribution in [2.45, 2.75) is 6.54 Å². The first-order chi connectivity index (χ1) is 6.72. The standard InChI is InChI=1S/C9H9ClN2O2/c10-6-1-2-8-7(5-6)11-9(14)12(8)3-4-13/h1-2,5,13H,3-4H2,(H,11,14). The van der Waals surface area contributed by atoms with Gasteiger partial charge in [-0.1, -0.05) is 11.6 Å². The number of aliphatic hydroxyl groups is 1. The normalized spacial score (nSPS) is 11.0. The molecule has 1 heterocycles. The summed E-state index contributed by atoms with van der Waals surface area (Å²) >= 11 is 5.78. The molecule has 0 bridgehead atoms. The van der Waals surface area contributed by atoms with E-state index in [1.54, 1.807) is 18.2 Å². The zero-order valence-electron chi connectivity index (χ0n) is 7.33. The monoisotopic (exact) mass is 212 g/mol. The van der Waals surface area contributed by atoms with Crippen molar-refractivity contribution in [2.75, 3.05) is 6.61 Å². The van der Waals surface area contributed by atoms with Gasteiger partial charge >= 0.3 is 5.69 Å². The Labute approximate surface area is 84.7 Å². The van der Waals surface area contributed by atoms with E-state index in [0.717, 1.165) is 5.52 Å². The molecule has 0 aliphatic carbocycles. The van der Waals surface area contributed by atoms with Crippen LogP contribution in [0.3, 0.4) is 0 Å². The molecule has 0 atom stereocenters. The average Bonchev–Trinajstić information content (AvgIpc) is 2.43. The minimum Gasteiger partial charge on any atom is -0.395 e. The Morgan fingerprint density at radius 1 is 1.50 bits per heavy atom. The Bertz CT molecular complexity index is 515. The molecule has 1 aromatic heterocycles. The zero-order chi connectivity index (χ0) is 10.1. The van der Waals surface area contributed by atoms with Crippen LogP contribution in [0.15, 0.2) is 23.0 Å². The smallest absolute Gasteiger partial charge is 0.326 e. The van der Waals surface area contributed by atoms with Gasteiger partial charge in [-0.25, -0.2) is 4.79 Å². The summed E-state index contributed by atoms with van der Waals surface area (Å²) in [6, 6.07) is 5.16. The van der Waals surface area contributed by atoms with Gasteiger partial charge in [-0.05, 0) is 18.2 Å². The van der Waals surface area contributed by atoms with E-state index in [2.05, 4.69) is 4.98 Å². The Kier molecular flexibility index (Phi) is 2.31. The maximum atomic E-state index is 11.4. The Hall–Kier alpha value is -1.26. The molecule has 14 heavy (non-hydrogen) atoms. The minimum absolute atomic E-state index is 0.0600. The van der Waals surface area contributed by atoms with Crippen LogP contribution in [0.25, 0.3) is 11.0 Å². The van der Waals surface area contributed by atoms with E-state index >= 15 is 0 Å². The van der Waals surface area contributed by atoms with E-state index in [-0.39, 0.29) is 12.3 Å². The summed E-state index contributed by atoms with van der Waals surface area (Å²) in [6.07, 6.45) is 0. The highest BCUT2D eigenvalue weighted by Gasteiger charge is 2.05. The number of aliphatic hydroxyl groups excluding tert-OH is 1. The fraction of sp³-hybridized carbons (Fsp3) is 0.222. The van der Waals surface area contributed by atoms with E-state index in [1.807, 2.05) is 0 Å². The Morgan fingerprint density at radius 3 is 3.00 bits per heavy atom.